The summed E-state index contributed by atoms with van der Waals surface area (Å²) < 4.78 is 1.69. The topological polar surface area (TPSA) is 72.9 Å². The Labute approximate surface area is 88.6 Å². The molecule has 3 N–H and O–H groups in total. The molecule has 1 fully saturated rings. The van der Waals surface area contributed by atoms with Gasteiger partial charge in [0.05, 0.1) is 18.3 Å². The van der Waals surface area contributed by atoms with Crippen LogP contribution in [-0.4, -0.2) is 28.8 Å². The van der Waals surface area contributed by atoms with Crippen molar-refractivity contribution in [2.75, 3.05) is 13.1 Å². The molecule has 0 atom stereocenters. The molecule has 1 heterocycles. The first-order valence-electron chi connectivity index (χ1n) is 5.30. The molecule has 1 aromatic rings. The van der Waals surface area contributed by atoms with Gasteiger partial charge in [-0.05, 0) is 18.8 Å². The minimum absolute atomic E-state index is 0.0369. The van der Waals surface area contributed by atoms with E-state index in [1.807, 2.05) is 0 Å². The Morgan fingerprint density at radius 1 is 1.67 bits per heavy atom. The molecule has 1 amide bonds. The highest BCUT2D eigenvalue weighted by molar-refractivity contribution is 5.93. The van der Waals surface area contributed by atoms with E-state index in [1.165, 1.54) is 12.8 Å². The van der Waals surface area contributed by atoms with Crippen molar-refractivity contribution in [2.45, 2.75) is 19.4 Å². The predicted octanol–water partition coefficient (Wildman–Crippen LogP) is -0.0184. The number of carbonyl (C=O) groups excluding carboxylic acids is 1. The van der Waals surface area contributed by atoms with E-state index in [1.54, 1.807) is 17.1 Å². The van der Waals surface area contributed by atoms with Gasteiger partial charge in [0.1, 0.15) is 0 Å². The zero-order valence-electron chi connectivity index (χ0n) is 8.65. The molecule has 0 aromatic carbocycles. The summed E-state index contributed by atoms with van der Waals surface area (Å²) in [6.45, 7) is 1.97. The first-order valence-corrected chi connectivity index (χ1v) is 5.30. The molecule has 5 nitrogen and oxygen atoms in total. The average molecular weight is 208 g/mol. The van der Waals surface area contributed by atoms with E-state index in [0.29, 0.717) is 24.6 Å². The van der Waals surface area contributed by atoms with Crippen LogP contribution in [0.5, 0.6) is 0 Å². The van der Waals surface area contributed by atoms with Crippen LogP contribution in [0.3, 0.4) is 0 Å². The summed E-state index contributed by atoms with van der Waals surface area (Å²) in [7, 11) is 0. The molecule has 82 valence electrons. The summed E-state index contributed by atoms with van der Waals surface area (Å²) in [5.74, 6) is 0.665. The van der Waals surface area contributed by atoms with Crippen molar-refractivity contribution >= 4 is 5.91 Å². The number of amides is 1. The molecule has 1 aliphatic rings. The molecule has 1 aromatic heterocycles. The lowest BCUT2D eigenvalue weighted by Gasteiger charge is -2.00. The van der Waals surface area contributed by atoms with Crippen molar-refractivity contribution in [1.29, 1.82) is 0 Å². The van der Waals surface area contributed by atoms with Crippen LogP contribution in [0.15, 0.2) is 12.4 Å². The Hall–Kier alpha value is -1.36. The standard InChI is InChI=1S/C10H16N4O/c11-3-4-14-7-9(6-13-14)10(15)12-5-8-1-2-8/h6-8H,1-5,11H2,(H,12,15). The maximum atomic E-state index is 11.6. The highest BCUT2D eigenvalue weighted by Crippen LogP contribution is 2.27. The monoisotopic (exact) mass is 208 g/mol. The Bertz CT molecular complexity index is 343. The zero-order chi connectivity index (χ0) is 10.7. The van der Waals surface area contributed by atoms with Gasteiger partial charge in [-0.2, -0.15) is 5.10 Å². The molecule has 0 spiro atoms. The molecule has 0 radical (unpaired) electrons. The van der Waals surface area contributed by atoms with Gasteiger partial charge in [0.25, 0.3) is 5.91 Å². The second-order valence-electron chi connectivity index (χ2n) is 3.93. The van der Waals surface area contributed by atoms with Crippen molar-refractivity contribution in [3.8, 4) is 0 Å². The number of nitrogens with one attached hydrogen (secondary N) is 1. The highest BCUT2D eigenvalue weighted by Gasteiger charge is 2.22. The maximum absolute atomic E-state index is 11.6. The Morgan fingerprint density at radius 2 is 2.47 bits per heavy atom. The van der Waals surface area contributed by atoms with Crippen LogP contribution in [0.25, 0.3) is 0 Å². The fraction of sp³-hybridized carbons (Fsp3) is 0.600. The molecule has 15 heavy (non-hydrogen) atoms. The van der Waals surface area contributed by atoms with E-state index in [4.69, 9.17) is 5.73 Å². The average Bonchev–Trinajstić information content (AvgIpc) is 2.94. The molecule has 0 unspecified atom stereocenters. The molecular weight excluding hydrogens is 192 g/mol. The quantitative estimate of drug-likeness (QED) is 0.714. The van der Waals surface area contributed by atoms with Gasteiger partial charge < -0.3 is 11.1 Å². The SMILES string of the molecule is NCCn1cc(C(=O)NCC2CC2)cn1. The summed E-state index contributed by atoms with van der Waals surface area (Å²) in [4.78, 5) is 11.6. The van der Waals surface area contributed by atoms with Crippen molar-refractivity contribution in [3.63, 3.8) is 0 Å². The van der Waals surface area contributed by atoms with Crippen LogP contribution in [0.4, 0.5) is 0 Å². The van der Waals surface area contributed by atoms with Gasteiger partial charge in [-0.1, -0.05) is 0 Å². The largest absolute Gasteiger partial charge is 0.352 e. The Balaban J connectivity index is 1.86. The third kappa shape index (κ3) is 2.79. The van der Waals surface area contributed by atoms with Crippen molar-refractivity contribution in [1.82, 2.24) is 15.1 Å². The zero-order valence-corrected chi connectivity index (χ0v) is 8.65. The van der Waals surface area contributed by atoms with E-state index in [-0.39, 0.29) is 5.91 Å². The van der Waals surface area contributed by atoms with E-state index >= 15 is 0 Å². The fourth-order valence-electron chi connectivity index (χ4n) is 1.40. The van der Waals surface area contributed by atoms with E-state index in [2.05, 4.69) is 10.4 Å². The lowest BCUT2D eigenvalue weighted by molar-refractivity contribution is 0.0951. The van der Waals surface area contributed by atoms with Gasteiger partial charge >= 0.3 is 0 Å². The minimum Gasteiger partial charge on any atom is -0.352 e. The second kappa shape index (κ2) is 4.44. The summed E-state index contributed by atoms with van der Waals surface area (Å²) in [6, 6.07) is 0. The molecular formula is C10H16N4O. The van der Waals surface area contributed by atoms with Gasteiger partial charge in [0.15, 0.2) is 0 Å². The molecule has 0 aliphatic heterocycles. The van der Waals surface area contributed by atoms with Crippen molar-refractivity contribution in [2.24, 2.45) is 11.7 Å². The van der Waals surface area contributed by atoms with Gasteiger partial charge in [-0.15, -0.1) is 0 Å². The van der Waals surface area contributed by atoms with Crippen LogP contribution in [0, 0.1) is 5.92 Å². The summed E-state index contributed by atoms with van der Waals surface area (Å²) in [6.07, 6.45) is 5.80. The molecule has 0 saturated heterocycles. The molecule has 0 bridgehead atoms. The fourth-order valence-corrected chi connectivity index (χ4v) is 1.40. The first kappa shape index (κ1) is 10.2. The molecule has 2 rings (SSSR count). The van der Waals surface area contributed by atoms with Crippen LogP contribution in [0.2, 0.25) is 0 Å². The normalized spacial score (nSPS) is 15.3. The number of carbonyl (C=O) groups is 1. The number of nitrogens with zero attached hydrogens (tertiary/aromatic N) is 2. The van der Waals surface area contributed by atoms with Crippen LogP contribution in [-0.2, 0) is 6.54 Å². The van der Waals surface area contributed by atoms with E-state index in [9.17, 15) is 4.79 Å². The van der Waals surface area contributed by atoms with Gasteiger partial charge in [-0.3, -0.25) is 9.48 Å². The van der Waals surface area contributed by atoms with Crippen LogP contribution < -0.4 is 11.1 Å². The minimum atomic E-state index is -0.0369. The second-order valence-corrected chi connectivity index (χ2v) is 3.93. The predicted molar refractivity (Wildman–Crippen MR) is 56.3 cm³/mol. The molecule has 5 heteroatoms. The Morgan fingerprint density at radius 3 is 3.13 bits per heavy atom. The molecule has 1 saturated carbocycles. The van der Waals surface area contributed by atoms with E-state index < -0.39 is 0 Å². The lowest BCUT2D eigenvalue weighted by atomic mass is 10.3. The van der Waals surface area contributed by atoms with Gasteiger partial charge in [0, 0.05) is 19.3 Å². The Kier molecular flexibility index (Phi) is 3.01. The first-order chi connectivity index (χ1) is 7.29. The lowest BCUT2D eigenvalue weighted by Crippen LogP contribution is -2.25. The number of hydrogen-bond acceptors (Lipinski definition) is 3. The number of nitrogens with two attached hydrogens (primary N) is 1. The number of aromatic nitrogens is 2. The molecule has 1 aliphatic carbocycles. The number of hydrogen-bond donors (Lipinski definition) is 2. The summed E-state index contributed by atoms with van der Waals surface area (Å²) in [5.41, 5.74) is 6.01. The number of rotatable bonds is 5. The third-order valence-corrected chi connectivity index (χ3v) is 2.50. The van der Waals surface area contributed by atoms with Crippen LogP contribution in [0.1, 0.15) is 23.2 Å². The maximum Gasteiger partial charge on any atom is 0.254 e. The van der Waals surface area contributed by atoms with Gasteiger partial charge in [0.2, 0.25) is 0 Å². The highest BCUT2D eigenvalue weighted by atomic mass is 16.1. The smallest absolute Gasteiger partial charge is 0.254 e. The van der Waals surface area contributed by atoms with E-state index in [0.717, 1.165) is 6.54 Å². The van der Waals surface area contributed by atoms with Crippen molar-refractivity contribution < 1.29 is 4.79 Å². The van der Waals surface area contributed by atoms with Crippen molar-refractivity contribution in [3.05, 3.63) is 18.0 Å². The van der Waals surface area contributed by atoms with Gasteiger partial charge in [-0.25, -0.2) is 0 Å². The van der Waals surface area contributed by atoms with Crippen LogP contribution >= 0.6 is 0 Å². The summed E-state index contributed by atoms with van der Waals surface area (Å²) in [5, 5.41) is 6.94. The summed E-state index contributed by atoms with van der Waals surface area (Å²) >= 11 is 0. The third-order valence-electron chi connectivity index (χ3n) is 2.50.